The number of nitrogens with two attached hydrogens (primary N) is 1. The molecule has 0 bridgehead atoms. The summed E-state index contributed by atoms with van der Waals surface area (Å²) in [4.78, 5) is 0. The minimum absolute atomic E-state index is 0.0639. The van der Waals surface area contributed by atoms with Gasteiger partial charge in [-0.25, -0.2) is 0 Å². The zero-order valence-corrected chi connectivity index (χ0v) is 11.0. The van der Waals surface area contributed by atoms with Crippen molar-refractivity contribution in [1.29, 1.82) is 0 Å². The SMILES string of the molecule is COc1cc(OC)cc(C(N)C2CC2(C)C)c1. The molecule has 2 atom stereocenters. The van der Waals surface area contributed by atoms with Gasteiger partial charge in [-0.2, -0.15) is 0 Å². The molecule has 0 heterocycles. The molecule has 0 spiro atoms. The zero-order chi connectivity index (χ0) is 12.6. The van der Waals surface area contributed by atoms with Gasteiger partial charge in [0.05, 0.1) is 14.2 Å². The summed E-state index contributed by atoms with van der Waals surface area (Å²) in [7, 11) is 3.32. The van der Waals surface area contributed by atoms with Crippen LogP contribution in [0.4, 0.5) is 0 Å². The van der Waals surface area contributed by atoms with Crippen molar-refractivity contribution in [3.8, 4) is 11.5 Å². The Morgan fingerprint density at radius 1 is 1.18 bits per heavy atom. The Kier molecular flexibility index (Phi) is 3.04. The first-order valence-electron chi connectivity index (χ1n) is 5.96. The van der Waals surface area contributed by atoms with Crippen molar-refractivity contribution >= 4 is 0 Å². The highest BCUT2D eigenvalue weighted by atomic mass is 16.5. The lowest BCUT2D eigenvalue weighted by Crippen LogP contribution is -2.15. The van der Waals surface area contributed by atoms with Crippen LogP contribution in [0.3, 0.4) is 0 Å². The largest absolute Gasteiger partial charge is 0.497 e. The van der Waals surface area contributed by atoms with Crippen LogP contribution in [0.25, 0.3) is 0 Å². The molecular weight excluding hydrogens is 214 g/mol. The van der Waals surface area contributed by atoms with Crippen molar-refractivity contribution < 1.29 is 9.47 Å². The van der Waals surface area contributed by atoms with Crippen LogP contribution < -0.4 is 15.2 Å². The third-order valence-electron chi connectivity index (χ3n) is 3.78. The molecule has 1 aromatic carbocycles. The molecule has 17 heavy (non-hydrogen) atoms. The Balaban J connectivity index is 2.25. The lowest BCUT2D eigenvalue weighted by molar-refractivity contribution is 0.391. The van der Waals surface area contributed by atoms with E-state index in [1.807, 2.05) is 18.2 Å². The van der Waals surface area contributed by atoms with E-state index in [2.05, 4.69) is 13.8 Å². The molecule has 1 aromatic rings. The van der Waals surface area contributed by atoms with Crippen LogP contribution in [-0.2, 0) is 0 Å². The molecule has 2 unspecified atom stereocenters. The molecule has 2 N–H and O–H groups in total. The van der Waals surface area contributed by atoms with Crippen molar-refractivity contribution in [3.63, 3.8) is 0 Å². The fraction of sp³-hybridized carbons (Fsp3) is 0.571. The first-order valence-corrected chi connectivity index (χ1v) is 5.96. The zero-order valence-electron chi connectivity index (χ0n) is 11.0. The summed E-state index contributed by atoms with van der Waals surface area (Å²) in [5.74, 6) is 2.15. The average Bonchev–Trinajstić information content (AvgIpc) is 2.96. The third-order valence-corrected chi connectivity index (χ3v) is 3.78. The van der Waals surface area contributed by atoms with Crippen molar-refractivity contribution in [3.05, 3.63) is 23.8 Å². The molecule has 3 heteroatoms. The van der Waals surface area contributed by atoms with Gasteiger partial charge in [-0.15, -0.1) is 0 Å². The van der Waals surface area contributed by atoms with Gasteiger partial charge in [0.15, 0.2) is 0 Å². The Labute approximate surface area is 103 Å². The van der Waals surface area contributed by atoms with E-state index in [0.717, 1.165) is 17.1 Å². The van der Waals surface area contributed by atoms with Crippen LogP contribution in [0.5, 0.6) is 11.5 Å². The van der Waals surface area contributed by atoms with Crippen molar-refractivity contribution in [1.82, 2.24) is 0 Å². The third kappa shape index (κ3) is 2.39. The van der Waals surface area contributed by atoms with Crippen LogP contribution in [0.1, 0.15) is 31.9 Å². The molecule has 2 rings (SSSR count). The van der Waals surface area contributed by atoms with Crippen molar-refractivity contribution in [2.75, 3.05) is 14.2 Å². The average molecular weight is 235 g/mol. The predicted molar refractivity (Wildman–Crippen MR) is 68.4 cm³/mol. The van der Waals surface area contributed by atoms with Gasteiger partial charge in [-0.05, 0) is 35.4 Å². The Hall–Kier alpha value is -1.22. The molecule has 0 aliphatic heterocycles. The molecule has 1 saturated carbocycles. The smallest absolute Gasteiger partial charge is 0.122 e. The maximum Gasteiger partial charge on any atom is 0.122 e. The fourth-order valence-electron chi connectivity index (χ4n) is 2.38. The number of benzene rings is 1. The number of hydrogen-bond acceptors (Lipinski definition) is 3. The van der Waals surface area contributed by atoms with Gasteiger partial charge in [-0.3, -0.25) is 0 Å². The summed E-state index contributed by atoms with van der Waals surface area (Å²) in [5.41, 5.74) is 7.78. The predicted octanol–water partition coefficient (Wildman–Crippen LogP) is 2.75. The Bertz CT molecular complexity index is 392. The molecule has 94 valence electrons. The second-order valence-corrected chi connectivity index (χ2v) is 5.47. The molecular formula is C14H21NO2. The summed E-state index contributed by atoms with van der Waals surface area (Å²) in [5, 5.41) is 0. The van der Waals surface area contributed by atoms with E-state index in [1.165, 1.54) is 6.42 Å². The van der Waals surface area contributed by atoms with Crippen LogP contribution in [0.15, 0.2) is 18.2 Å². The first kappa shape index (κ1) is 12.2. The summed E-state index contributed by atoms with van der Waals surface area (Å²) < 4.78 is 10.5. The molecule has 0 saturated heterocycles. The molecule has 0 aromatic heterocycles. The first-order chi connectivity index (χ1) is 7.97. The van der Waals surface area contributed by atoms with Gasteiger partial charge in [0.2, 0.25) is 0 Å². The minimum atomic E-state index is 0.0639. The van der Waals surface area contributed by atoms with Crippen molar-refractivity contribution in [2.24, 2.45) is 17.1 Å². The minimum Gasteiger partial charge on any atom is -0.497 e. The van der Waals surface area contributed by atoms with E-state index in [1.54, 1.807) is 14.2 Å². The van der Waals surface area contributed by atoms with Gasteiger partial charge < -0.3 is 15.2 Å². The fourth-order valence-corrected chi connectivity index (χ4v) is 2.38. The number of ether oxygens (including phenoxy) is 2. The van der Waals surface area contributed by atoms with Gasteiger partial charge in [0.25, 0.3) is 0 Å². The molecule has 3 nitrogen and oxygen atoms in total. The van der Waals surface area contributed by atoms with Gasteiger partial charge in [-0.1, -0.05) is 13.8 Å². The van der Waals surface area contributed by atoms with E-state index in [0.29, 0.717) is 11.3 Å². The number of methoxy groups -OCH3 is 2. The molecule has 1 aliphatic carbocycles. The van der Waals surface area contributed by atoms with E-state index < -0.39 is 0 Å². The second kappa shape index (κ2) is 4.22. The number of rotatable bonds is 4. The monoisotopic (exact) mass is 235 g/mol. The summed E-state index contributed by atoms with van der Waals surface area (Å²) in [6, 6.07) is 5.94. The Morgan fingerprint density at radius 2 is 1.65 bits per heavy atom. The van der Waals surface area contributed by atoms with Crippen LogP contribution in [0, 0.1) is 11.3 Å². The molecule has 0 radical (unpaired) electrons. The Morgan fingerprint density at radius 3 is 2.00 bits per heavy atom. The summed E-state index contributed by atoms with van der Waals surface area (Å²) in [6.07, 6.45) is 1.19. The normalized spacial score (nSPS) is 23.0. The summed E-state index contributed by atoms with van der Waals surface area (Å²) >= 11 is 0. The molecule has 1 fully saturated rings. The van der Waals surface area contributed by atoms with Crippen LogP contribution >= 0.6 is 0 Å². The highest BCUT2D eigenvalue weighted by Crippen LogP contribution is 2.57. The molecule has 1 aliphatic rings. The lowest BCUT2D eigenvalue weighted by Gasteiger charge is -2.16. The lowest BCUT2D eigenvalue weighted by atomic mass is 9.97. The van der Waals surface area contributed by atoms with E-state index in [9.17, 15) is 0 Å². The topological polar surface area (TPSA) is 44.5 Å². The maximum atomic E-state index is 6.31. The van der Waals surface area contributed by atoms with Gasteiger partial charge >= 0.3 is 0 Å². The van der Waals surface area contributed by atoms with Crippen molar-refractivity contribution in [2.45, 2.75) is 26.3 Å². The highest BCUT2D eigenvalue weighted by Gasteiger charge is 2.49. The van der Waals surface area contributed by atoms with Gasteiger partial charge in [0, 0.05) is 12.1 Å². The number of hydrogen-bond donors (Lipinski definition) is 1. The summed E-state index contributed by atoms with van der Waals surface area (Å²) in [6.45, 7) is 4.52. The van der Waals surface area contributed by atoms with E-state index in [4.69, 9.17) is 15.2 Å². The van der Waals surface area contributed by atoms with Gasteiger partial charge in [0.1, 0.15) is 11.5 Å². The van der Waals surface area contributed by atoms with E-state index in [-0.39, 0.29) is 6.04 Å². The maximum absolute atomic E-state index is 6.31. The standard InChI is InChI=1S/C14H21NO2/c1-14(2)8-12(14)13(15)9-5-10(16-3)7-11(6-9)17-4/h5-7,12-13H,8,15H2,1-4H3. The van der Waals surface area contributed by atoms with E-state index >= 15 is 0 Å². The second-order valence-electron chi connectivity index (χ2n) is 5.47. The quantitative estimate of drug-likeness (QED) is 0.872. The highest BCUT2D eigenvalue weighted by molar-refractivity contribution is 5.40. The van der Waals surface area contributed by atoms with Crippen LogP contribution in [-0.4, -0.2) is 14.2 Å². The molecule has 0 amide bonds. The van der Waals surface area contributed by atoms with Crippen LogP contribution in [0.2, 0.25) is 0 Å².